The van der Waals surface area contributed by atoms with Crippen molar-refractivity contribution in [1.29, 1.82) is 10.7 Å². The second kappa shape index (κ2) is 11.3. The normalized spacial score (nSPS) is 11.0. The fraction of sp³-hybridized carbons (Fsp3) is 0.0256. The Hall–Kier alpha value is -6.12. The maximum Gasteiger partial charge on any atom is 0.148 e. The number of anilines is 1. The van der Waals surface area contributed by atoms with Crippen molar-refractivity contribution in [3.05, 3.63) is 162 Å². The maximum absolute atomic E-state index is 11.7. The van der Waals surface area contributed by atoms with Crippen molar-refractivity contribution in [2.24, 2.45) is 0 Å². The molecule has 7 rings (SSSR count). The van der Waals surface area contributed by atoms with Crippen LogP contribution < -0.4 is 5.32 Å². The van der Waals surface area contributed by atoms with E-state index in [0.717, 1.165) is 55.4 Å². The van der Waals surface area contributed by atoms with Crippen LogP contribution in [0.25, 0.3) is 38.6 Å². The van der Waals surface area contributed by atoms with Crippen molar-refractivity contribution in [2.75, 3.05) is 5.32 Å². The molecule has 0 amide bonds. The van der Waals surface area contributed by atoms with Gasteiger partial charge in [-0.2, -0.15) is 5.26 Å². The Kier molecular flexibility index (Phi) is 6.86. The first-order valence-corrected chi connectivity index (χ1v) is 14.4. The van der Waals surface area contributed by atoms with E-state index >= 15 is 0 Å². The topological polar surface area (TPSA) is 84.8 Å². The summed E-state index contributed by atoms with van der Waals surface area (Å²) in [4.78, 5) is 0. The summed E-state index contributed by atoms with van der Waals surface area (Å²) in [5.41, 5.74) is 8.74. The molecule has 0 atom stereocenters. The van der Waals surface area contributed by atoms with Gasteiger partial charge in [-0.15, -0.1) is 0 Å². The third-order valence-corrected chi connectivity index (χ3v) is 8.02. The second-order valence-electron chi connectivity index (χ2n) is 10.7. The summed E-state index contributed by atoms with van der Waals surface area (Å²) in [5.74, 6) is 0.251. The van der Waals surface area contributed by atoms with Crippen molar-refractivity contribution >= 4 is 33.2 Å². The molecule has 0 spiro atoms. The number of benzene rings is 6. The van der Waals surface area contributed by atoms with Crippen LogP contribution in [-0.2, 0) is 6.54 Å². The molecule has 6 aromatic carbocycles. The molecule has 44 heavy (non-hydrogen) atoms. The van der Waals surface area contributed by atoms with Crippen LogP contribution in [0.4, 0.5) is 5.69 Å². The largest absolute Gasteiger partial charge is 0.505 e. The van der Waals surface area contributed by atoms with Crippen LogP contribution in [0.3, 0.4) is 0 Å². The zero-order chi connectivity index (χ0) is 30.0. The highest BCUT2D eigenvalue weighted by Gasteiger charge is 2.19. The number of phenols is 1. The standard InChI is InChI=1S/C39H28N4O/c40-24-26-10-8-14-29(22-26)37(41)34-17-4-6-18-35(34)42-25-27-11-9-15-30(23-27)43-36-19-7-5-16-32(36)33-21-20-31(39(44)38(33)43)28-12-2-1-3-13-28/h1-23,41-42,44H,25H2. The summed E-state index contributed by atoms with van der Waals surface area (Å²) in [5, 5.41) is 35.5. The lowest BCUT2D eigenvalue weighted by molar-refractivity contribution is 0.482. The minimum Gasteiger partial charge on any atom is -0.505 e. The minimum absolute atomic E-state index is 0.251. The number of aromatic hydroxyl groups is 1. The lowest BCUT2D eigenvalue weighted by Crippen LogP contribution is -2.08. The number of hydrogen-bond acceptors (Lipinski definition) is 4. The Balaban J connectivity index is 1.26. The van der Waals surface area contributed by atoms with E-state index in [9.17, 15) is 10.4 Å². The smallest absolute Gasteiger partial charge is 0.148 e. The molecule has 0 radical (unpaired) electrons. The SMILES string of the molecule is N#Cc1cccc(C(=N)c2ccccc2NCc2cccc(-n3c4ccccc4c4ccc(-c5ccccc5)c(O)c43)c2)c1. The van der Waals surface area contributed by atoms with Crippen LogP contribution in [0.1, 0.15) is 22.3 Å². The van der Waals surface area contributed by atoms with Crippen LogP contribution in [-0.4, -0.2) is 15.4 Å². The summed E-state index contributed by atoms with van der Waals surface area (Å²) in [6, 6.07) is 47.7. The van der Waals surface area contributed by atoms with Gasteiger partial charge in [0.2, 0.25) is 0 Å². The molecule has 210 valence electrons. The molecule has 0 saturated carbocycles. The summed E-state index contributed by atoms with van der Waals surface area (Å²) < 4.78 is 2.14. The van der Waals surface area contributed by atoms with Gasteiger partial charge in [0.15, 0.2) is 0 Å². The van der Waals surface area contributed by atoms with Crippen LogP contribution in [0, 0.1) is 16.7 Å². The molecule has 5 heteroatoms. The summed E-state index contributed by atoms with van der Waals surface area (Å²) >= 11 is 0. The molecule has 0 aliphatic heterocycles. The number of phenolic OH excluding ortho intramolecular Hbond substituents is 1. The van der Waals surface area contributed by atoms with Gasteiger partial charge in [0.1, 0.15) is 5.75 Å². The monoisotopic (exact) mass is 568 g/mol. The van der Waals surface area contributed by atoms with Gasteiger partial charge in [-0.25, -0.2) is 0 Å². The Labute approximate surface area is 255 Å². The van der Waals surface area contributed by atoms with Gasteiger partial charge in [-0.05, 0) is 53.6 Å². The first-order chi connectivity index (χ1) is 21.6. The highest BCUT2D eigenvalue weighted by Crippen LogP contribution is 2.42. The number of nitrogens with zero attached hydrogens (tertiary/aromatic N) is 2. The number of para-hydroxylation sites is 2. The Bertz CT molecular complexity index is 2220. The van der Waals surface area contributed by atoms with Crippen molar-refractivity contribution in [3.63, 3.8) is 0 Å². The quantitative estimate of drug-likeness (QED) is 0.168. The van der Waals surface area contributed by atoms with Crippen LogP contribution in [0.15, 0.2) is 140 Å². The third kappa shape index (κ3) is 4.75. The van der Waals surface area contributed by atoms with Gasteiger partial charge >= 0.3 is 0 Å². The van der Waals surface area contributed by atoms with E-state index in [1.54, 1.807) is 18.2 Å². The van der Waals surface area contributed by atoms with Gasteiger partial charge in [0, 0.05) is 45.4 Å². The summed E-state index contributed by atoms with van der Waals surface area (Å²) in [6.07, 6.45) is 0. The van der Waals surface area contributed by atoms with E-state index in [2.05, 4.69) is 52.4 Å². The zero-order valence-corrected chi connectivity index (χ0v) is 23.8. The van der Waals surface area contributed by atoms with E-state index in [-0.39, 0.29) is 5.75 Å². The predicted molar refractivity (Wildman–Crippen MR) is 179 cm³/mol. The first kappa shape index (κ1) is 26.8. The molecule has 0 bridgehead atoms. The lowest BCUT2D eigenvalue weighted by atomic mass is 9.99. The first-order valence-electron chi connectivity index (χ1n) is 14.4. The number of nitriles is 1. The number of hydrogen-bond donors (Lipinski definition) is 3. The lowest BCUT2D eigenvalue weighted by Gasteiger charge is -2.15. The predicted octanol–water partition coefficient (Wildman–Crippen LogP) is 9.06. The Morgan fingerprint density at radius 3 is 2.39 bits per heavy atom. The molecule has 7 aromatic rings. The molecule has 0 unspecified atom stereocenters. The molecule has 1 heterocycles. The number of rotatable bonds is 7. The molecule has 3 N–H and O–H groups in total. The average Bonchev–Trinajstić information content (AvgIpc) is 3.43. The van der Waals surface area contributed by atoms with E-state index < -0.39 is 0 Å². The van der Waals surface area contributed by atoms with Gasteiger partial charge < -0.3 is 15.0 Å². The molecule has 5 nitrogen and oxygen atoms in total. The fourth-order valence-electron chi connectivity index (χ4n) is 5.92. The third-order valence-electron chi connectivity index (χ3n) is 8.02. The number of fused-ring (bicyclic) bond motifs is 3. The van der Waals surface area contributed by atoms with E-state index in [1.807, 2.05) is 84.9 Å². The Morgan fingerprint density at radius 1 is 0.750 bits per heavy atom. The molecule has 0 aliphatic rings. The zero-order valence-electron chi connectivity index (χ0n) is 23.8. The van der Waals surface area contributed by atoms with E-state index in [1.165, 1.54) is 0 Å². The minimum atomic E-state index is 0.251. The molecular formula is C39H28N4O. The fourth-order valence-corrected chi connectivity index (χ4v) is 5.92. The van der Waals surface area contributed by atoms with E-state index in [4.69, 9.17) is 5.41 Å². The van der Waals surface area contributed by atoms with E-state index in [0.29, 0.717) is 23.4 Å². The number of aromatic nitrogens is 1. The van der Waals surface area contributed by atoms with Crippen molar-refractivity contribution < 1.29 is 5.11 Å². The van der Waals surface area contributed by atoms with Crippen LogP contribution in [0.5, 0.6) is 5.75 Å². The highest BCUT2D eigenvalue weighted by molar-refractivity contribution is 6.14. The summed E-state index contributed by atoms with van der Waals surface area (Å²) in [6.45, 7) is 0.536. The van der Waals surface area contributed by atoms with Crippen molar-refractivity contribution in [1.82, 2.24) is 4.57 Å². The van der Waals surface area contributed by atoms with Crippen molar-refractivity contribution in [2.45, 2.75) is 6.54 Å². The molecule has 1 aromatic heterocycles. The second-order valence-corrected chi connectivity index (χ2v) is 10.7. The Morgan fingerprint density at radius 2 is 1.52 bits per heavy atom. The van der Waals surface area contributed by atoms with Gasteiger partial charge in [-0.3, -0.25) is 5.41 Å². The highest BCUT2D eigenvalue weighted by atomic mass is 16.3. The molecule has 0 aliphatic carbocycles. The summed E-state index contributed by atoms with van der Waals surface area (Å²) in [7, 11) is 0. The molecule has 0 fully saturated rings. The van der Waals surface area contributed by atoms with Crippen molar-refractivity contribution in [3.8, 4) is 28.6 Å². The van der Waals surface area contributed by atoms with Crippen LogP contribution >= 0.6 is 0 Å². The van der Waals surface area contributed by atoms with Crippen LogP contribution in [0.2, 0.25) is 0 Å². The number of nitrogens with one attached hydrogen (secondary N) is 2. The van der Waals surface area contributed by atoms with Gasteiger partial charge in [0.25, 0.3) is 0 Å². The van der Waals surface area contributed by atoms with Gasteiger partial charge in [-0.1, -0.05) is 97.1 Å². The van der Waals surface area contributed by atoms with Gasteiger partial charge in [0.05, 0.1) is 28.4 Å². The molecular weight excluding hydrogens is 540 g/mol. The molecule has 0 saturated heterocycles. The average molecular weight is 569 g/mol. The maximum atomic E-state index is 11.7.